The minimum Gasteiger partial charge on any atom is -0.506 e. The van der Waals surface area contributed by atoms with Gasteiger partial charge in [-0.2, -0.15) is 0 Å². The van der Waals surface area contributed by atoms with Crippen molar-refractivity contribution < 1.29 is 24.9 Å². The maximum Gasteiger partial charge on any atom is 0.412 e. The number of anilines is 2. The first-order valence-electron chi connectivity index (χ1n) is 17.6. The normalized spacial score (nSPS) is 16.3. The van der Waals surface area contributed by atoms with Gasteiger partial charge >= 0.3 is 6.09 Å². The molecule has 2 heterocycles. The Hall–Kier alpha value is -5.56. The van der Waals surface area contributed by atoms with E-state index in [1.165, 1.54) is 17.0 Å². The highest BCUT2D eigenvalue weighted by Crippen LogP contribution is 2.36. The number of aliphatic hydroxyl groups is 1. The van der Waals surface area contributed by atoms with E-state index in [2.05, 4.69) is 20.6 Å². The molecule has 0 saturated heterocycles. The number of nitrogens with one attached hydrogen (secondary N) is 3. The van der Waals surface area contributed by atoms with Crippen molar-refractivity contribution in [2.24, 2.45) is 5.73 Å². The van der Waals surface area contributed by atoms with Crippen molar-refractivity contribution in [3.8, 4) is 16.9 Å². The monoisotopic (exact) mass is 704 g/mol. The van der Waals surface area contributed by atoms with Crippen molar-refractivity contribution in [3.05, 3.63) is 118 Å². The molecular weight excluding hydrogens is 660 g/mol. The van der Waals surface area contributed by atoms with Crippen LogP contribution in [-0.2, 0) is 17.8 Å². The third-order valence-corrected chi connectivity index (χ3v) is 9.61. The highest BCUT2D eigenvalue weighted by atomic mass is 16.4. The van der Waals surface area contributed by atoms with E-state index in [4.69, 9.17) is 5.73 Å². The first-order chi connectivity index (χ1) is 25.2. The lowest BCUT2D eigenvalue weighted by molar-refractivity contribution is -0.116. The van der Waals surface area contributed by atoms with Crippen LogP contribution < -0.4 is 26.8 Å². The van der Waals surface area contributed by atoms with Crippen LogP contribution in [0.1, 0.15) is 61.4 Å². The topological polar surface area (TPSA) is 194 Å². The average Bonchev–Trinajstić information content (AvgIpc) is 3.14. The molecule has 12 heteroatoms. The fraction of sp³-hybridized carbons (Fsp3) is 0.300. The van der Waals surface area contributed by atoms with Crippen LogP contribution in [-0.4, -0.2) is 55.9 Å². The number of nitrogens with zero attached hydrogens (tertiary/aromatic N) is 2. The van der Waals surface area contributed by atoms with Crippen LogP contribution in [0.4, 0.5) is 16.2 Å². The minimum atomic E-state index is -0.982. The molecule has 1 fully saturated rings. The number of hydrogen-bond acceptors (Lipinski definition) is 8. The summed E-state index contributed by atoms with van der Waals surface area (Å²) in [6, 6.07) is 25.2. The average molecular weight is 705 g/mol. The van der Waals surface area contributed by atoms with Crippen LogP contribution in [0.5, 0.6) is 5.75 Å². The molecule has 3 aromatic carbocycles. The van der Waals surface area contributed by atoms with Gasteiger partial charge in [0.2, 0.25) is 11.5 Å². The Kier molecular flexibility index (Phi) is 11.6. The largest absolute Gasteiger partial charge is 0.506 e. The summed E-state index contributed by atoms with van der Waals surface area (Å²) in [4.78, 5) is 45.7. The molecule has 1 saturated carbocycles. The van der Waals surface area contributed by atoms with Gasteiger partial charge in [-0.25, -0.2) is 4.79 Å². The van der Waals surface area contributed by atoms with Gasteiger partial charge in [-0.1, -0.05) is 48.5 Å². The first-order valence-corrected chi connectivity index (χ1v) is 17.6. The summed E-state index contributed by atoms with van der Waals surface area (Å²) in [6.07, 6.45) is 4.16. The minimum absolute atomic E-state index is 0.0685. The number of nitrogens with two attached hydrogens (primary N) is 1. The van der Waals surface area contributed by atoms with E-state index in [1.807, 2.05) is 48.5 Å². The molecule has 2 amide bonds. The van der Waals surface area contributed by atoms with E-state index in [9.17, 15) is 29.7 Å². The molecule has 0 bridgehead atoms. The molecule has 1 atom stereocenters. The Labute approximate surface area is 301 Å². The lowest BCUT2D eigenvalue weighted by atomic mass is 9.89. The van der Waals surface area contributed by atoms with Gasteiger partial charge < -0.3 is 36.7 Å². The number of hydrogen-bond donors (Lipinski definition) is 7. The van der Waals surface area contributed by atoms with E-state index in [0.29, 0.717) is 60.2 Å². The number of carboxylic acid groups (broad SMARTS) is 1. The zero-order valence-electron chi connectivity index (χ0n) is 28.8. The van der Waals surface area contributed by atoms with Crippen molar-refractivity contribution in [1.82, 2.24) is 15.3 Å². The van der Waals surface area contributed by atoms with Gasteiger partial charge in [-0.05, 0) is 85.5 Å². The fourth-order valence-electron chi connectivity index (χ4n) is 6.89. The van der Waals surface area contributed by atoms with Crippen LogP contribution in [0.3, 0.4) is 0 Å². The van der Waals surface area contributed by atoms with Gasteiger partial charge in [0.15, 0.2) is 0 Å². The summed E-state index contributed by atoms with van der Waals surface area (Å²) < 4.78 is 0. The van der Waals surface area contributed by atoms with Crippen molar-refractivity contribution in [2.75, 3.05) is 16.8 Å². The summed E-state index contributed by atoms with van der Waals surface area (Å²) in [5.74, 6) is -0.217. The standard InChI is InChI=1S/C40H44N6O6/c41-27-10-14-30(15-11-27)46(40(51)52)34-21-25(9-16-31(34)26-6-2-1-3-7-26)5-4-8-37(49)44-29-13-12-28(43-23-29)22-42-24-36(48)32-17-19-35(47)39-33(32)18-20-38(50)45-39/h1-3,6-7,9,12-13,16-21,23,27,30,36,42,47-48H,4-5,8,10-11,14-15,22,24,41H2,(H,44,49)(H,45,50)(H,51,52)/t27-,30-,36-/m0/s1. The smallest absolute Gasteiger partial charge is 0.412 e. The highest BCUT2D eigenvalue weighted by molar-refractivity contribution is 5.94. The number of aromatic hydroxyl groups is 1. The zero-order valence-corrected chi connectivity index (χ0v) is 28.8. The molecular formula is C40H44N6O6. The second kappa shape index (κ2) is 16.6. The molecule has 1 aliphatic carbocycles. The molecule has 12 nitrogen and oxygen atoms in total. The number of aromatic amines is 1. The quantitative estimate of drug-likeness (QED) is 0.0789. The summed E-state index contributed by atoms with van der Waals surface area (Å²) in [7, 11) is 0. The van der Waals surface area contributed by atoms with E-state index < -0.39 is 12.2 Å². The van der Waals surface area contributed by atoms with Crippen LogP contribution in [0.15, 0.2) is 95.9 Å². The molecule has 0 radical (unpaired) electrons. The molecule has 52 heavy (non-hydrogen) atoms. The number of pyridine rings is 2. The second-order valence-corrected chi connectivity index (χ2v) is 13.3. The van der Waals surface area contributed by atoms with Gasteiger partial charge in [0, 0.05) is 48.6 Å². The lowest BCUT2D eigenvalue weighted by Gasteiger charge is -2.35. The number of H-pyrrole nitrogens is 1. The molecule has 0 spiro atoms. The van der Waals surface area contributed by atoms with Gasteiger partial charge in [0.1, 0.15) is 5.75 Å². The number of benzene rings is 3. The molecule has 6 rings (SSSR count). The Morgan fingerprint density at radius 2 is 1.77 bits per heavy atom. The summed E-state index contributed by atoms with van der Waals surface area (Å²) in [5, 5.41) is 37.9. The molecule has 1 aliphatic rings. The molecule has 270 valence electrons. The van der Waals surface area contributed by atoms with E-state index in [-0.39, 0.29) is 47.8 Å². The third kappa shape index (κ3) is 8.83. The predicted octanol–water partition coefficient (Wildman–Crippen LogP) is 5.83. The maximum atomic E-state index is 12.8. The number of rotatable bonds is 13. The zero-order chi connectivity index (χ0) is 36.6. The first kappa shape index (κ1) is 36.2. The van der Waals surface area contributed by atoms with Crippen molar-refractivity contribution in [3.63, 3.8) is 0 Å². The Balaban J connectivity index is 1.02. The van der Waals surface area contributed by atoms with Crippen LogP contribution in [0.25, 0.3) is 22.0 Å². The van der Waals surface area contributed by atoms with E-state index in [0.717, 1.165) is 29.5 Å². The Morgan fingerprint density at radius 3 is 2.50 bits per heavy atom. The number of phenolic OH excluding ortho intramolecular Hbond substituents is 1. The maximum absolute atomic E-state index is 12.8. The van der Waals surface area contributed by atoms with Gasteiger partial charge in [0.05, 0.1) is 34.9 Å². The SMILES string of the molecule is N[C@H]1CC[C@H](N(C(=O)O)c2cc(CCCC(=O)Nc3ccc(CNC[C@H](O)c4ccc(O)c5[nH]c(=O)ccc45)nc3)ccc2-c2ccccc2)CC1. The van der Waals surface area contributed by atoms with Crippen LogP contribution in [0.2, 0.25) is 0 Å². The van der Waals surface area contributed by atoms with Crippen molar-refractivity contribution in [1.29, 1.82) is 0 Å². The second-order valence-electron chi connectivity index (χ2n) is 13.3. The number of fused-ring (bicyclic) bond motifs is 1. The van der Waals surface area contributed by atoms with Gasteiger partial charge in [0.25, 0.3) is 0 Å². The van der Waals surface area contributed by atoms with E-state index in [1.54, 1.807) is 30.5 Å². The third-order valence-electron chi connectivity index (χ3n) is 9.61. The predicted molar refractivity (Wildman–Crippen MR) is 201 cm³/mol. The van der Waals surface area contributed by atoms with Crippen molar-refractivity contribution >= 4 is 34.3 Å². The number of aryl methyl sites for hydroxylation is 1. The number of aromatic nitrogens is 2. The highest BCUT2D eigenvalue weighted by Gasteiger charge is 2.30. The summed E-state index contributed by atoms with van der Waals surface area (Å²) in [6.45, 7) is 0.579. The number of carbonyl (C=O) groups excluding carboxylic acids is 1. The van der Waals surface area contributed by atoms with Crippen LogP contribution >= 0.6 is 0 Å². The fourth-order valence-corrected chi connectivity index (χ4v) is 6.89. The number of carbonyl (C=O) groups is 2. The number of aliphatic hydroxyl groups excluding tert-OH is 1. The lowest BCUT2D eigenvalue weighted by Crippen LogP contribution is -2.44. The molecule has 5 aromatic rings. The Bertz CT molecular complexity index is 2060. The molecule has 0 unspecified atom stereocenters. The summed E-state index contributed by atoms with van der Waals surface area (Å²) in [5.41, 5.74) is 11.3. The van der Waals surface area contributed by atoms with Gasteiger partial charge in [-0.3, -0.25) is 19.5 Å². The summed E-state index contributed by atoms with van der Waals surface area (Å²) >= 11 is 0. The van der Waals surface area contributed by atoms with Crippen LogP contribution in [0, 0.1) is 0 Å². The number of amides is 2. The van der Waals surface area contributed by atoms with Gasteiger partial charge in [-0.15, -0.1) is 0 Å². The molecule has 2 aromatic heterocycles. The number of phenols is 1. The Morgan fingerprint density at radius 1 is 0.981 bits per heavy atom. The van der Waals surface area contributed by atoms with Crippen molar-refractivity contribution in [2.45, 2.75) is 69.7 Å². The molecule has 0 aliphatic heterocycles. The van der Waals surface area contributed by atoms with E-state index >= 15 is 0 Å². The molecule has 8 N–H and O–H groups in total.